The molecule has 3 heterocycles. The molecule has 2 aromatic heterocycles. The molecule has 1 saturated heterocycles. The molecule has 0 bridgehead atoms. The van der Waals surface area contributed by atoms with E-state index in [2.05, 4.69) is 15.6 Å². The van der Waals surface area contributed by atoms with E-state index in [4.69, 9.17) is 21.4 Å². The van der Waals surface area contributed by atoms with Crippen LogP contribution in [0.2, 0.25) is 5.15 Å². The molecule has 28 heavy (non-hydrogen) atoms. The zero-order valence-corrected chi connectivity index (χ0v) is 17.7. The number of nitrogens with zero attached hydrogens (tertiary/aromatic N) is 4. The highest BCUT2D eigenvalue weighted by atomic mass is 35.5. The summed E-state index contributed by atoms with van der Waals surface area (Å²) in [6.45, 7) is 7.53. The van der Waals surface area contributed by atoms with E-state index in [1.54, 1.807) is 6.07 Å². The van der Waals surface area contributed by atoms with Crippen LogP contribution in [0.15, 0.2) is 12.1 Å². The number of carbonyl (C=O) groups is 1. The molecular weight excluding hydrogens is 380 g/mol. The average Bonchev–Trinajstić information content (AvgIpc) is 3.04. The van der Waals surface area contributed by atoms with Gasteiger partial charge in [0.2, 0.25) is 0 Å². The number of fused-ring (bicyclic) bond motifs is 1. The first-order valence-electron chi connectivity index (χ1n) is 9.70. The molecule has 0 unspecified atom stereocenters. The third kappa shape index (κ3) is 5.26. The number of halogens is 1. The van der Waals surface area contributed by atoms with Crippen LogP contribution in [0.3, 0.4) is 0 Å². The number of carbonyl (C=O) groups excluding carboxylic acids is 1. The van der Waals surface area contributed by atoms with Crippen LogP contribution in [0.4, 0.5) is 10.6 Å². The van der Waals surface area contributed by atoms with Gasteiger partial charge in [-0.3, -0.25) is 0 Å². The molecule has 0 aromatic carbocycles. The Morgan fingerprint density at radius 2 is 2.21 bits per heavy atom. The normalized spacial score (nSPS) is 17.5. The summed E-state index contributed by atoms with van der Waals surface area (Å²) in [5.41, 5.74) is 1.19. The van der Waals surface area contributed by atoms with Crippen LogP contribution in [0, 0.1) is 0 Å². The van der Waals surface area contributed by atoms with Crippen molar-refractivity contribution in [3.05, 3.63) is 23.0 Å². The predicted octanol–water partition coefficient (Wildman–Crippen LogP) is 3.16. The third-order valence-corrected chi connectivity index (χ3v) is 4.76. The summed E-state index contributed by atoms with van der Waals surface area (Å²) in [7, 11) is 1.93. The van der Waals surface area contributed by atoms with Crippen molar-refractivity contribution in [2.45, 2.75) is 51.7 Å². The molecule has 8 nitrogen and oxygen atoms in total. The van der Waals surface area contributed by atoms with Crippen LogP contribution in [0.25, 0.3) is 5.65 Å². The molecule has 1 amide bonds. The Kier molecular flexibility index (Phi) is 6.30. The Balaban J connectivity index is 1.70. The molecule has 1 aliphatic rings. The monoisotopic (exact) mass is 408 g/mol. The maximum atomic E-state index is 11.8. The zero-order valence-electron chi connectivity index (χ0n) is 17.0. The minimum atomic E-state index is -0.514. The first-order valence-corrected chi connectivity index (χ1v) is 10.1. The summed E-state index contributed by atoms with van der Waals surface area (Å²) >= 11 is 6.24. The van der Waals surface area contributed by atoms with Crippen LogP contribution < -0.4 is 15.5 Å². The molecule has 0 spiro atoms. The van der Waals surface area contributed by atoms with Gasteiger partial charge in [-0.25, -0.2) is 9.78 Å². The minimum absolute atomic E-state index is 0.251. The first kappa shape index (κ1) is 20.7. The van der Waals surface area contributed by atoms with Gasteiger partial charge in [0.05, 0.1) is 11.7 Å². The molecule has 0 aliphatic carbocycles. The molecule has 1 atom stereocenters. The molecule has 9 heteroatoms. The fourth-order valence-corrected chi connectivity index (χ4v) is 3.43. The molecule has 154 valence electrons. The zero-order chi connectivity index (χ0) is 20.3. The molecule has 0 saturated carbocycles. The van der Waals surface area contributed by atoms with Gasteiger partial charge in [-0.2, -0.15) is 9.61 Å². The van der Waals surface area contributed by atoms with Crippen molar-refractivity contribution in [2.75, 3.05) is 31.6 Å². The van der Waals surface area contributed by atoms with Crippen LogP contribution in [-0.4, -0.2) is 53.0 Å². The van der Waals surface area contributed by atoms with Gasteiger partial charge in [0.1, 0.15) is 16.6 Å². The second kappa shape index (κ2) is 8.53. The van der Waals surface area contributed by atoms with Gasteiger partial charge < -0.3 is 20.3 Å². The second-order valence-corrected chi connectivity index (χ2v) is 8.52. The Morgan fingerprint density at radius 3 is 2.89 bits per heavy atom. The van der Waals surface area contributed by atoms with Gasteiger partial charge in [-0.15, -0.1) is 0 Å². The fraction of sp³-hybridized carbons (Fsp3) is 0.632. The van der Waals surface area contributed by atoms with E-state index >= 15 is 0 Å². The number of amides is 1. The number of hydrogen-bond acceptors (Lipinski definition) is 6. The number of nitrogens with one attached hydrogen (secondary N) is 2. The van der Waals surface area contributed by atoms with Crippen molar-refractivity contribution < 1.29 is 9.53 Å². The van der Waals surface area contributed by atoms with Gasteiger partial charge in [-0.05, 0) is 40.2 Å². The molecular formula is C19H29ClN6O2. The summed E-state index contributed by atoms with van der Waals surface area (Å²) in [5, 5.41) is 11.5. The van der Waals surface area contributed by atoms with E-state index in [0.29, 0.717) is 18.2 Å². The van der Waals surface area contributed by atoms with Crippen molar-refractivity contribution in [1.29, 1.82) is 0 Å². The van der Waals surface area contributed by atoms with E-state index in [0.717, 1.165) is 30.1 Å². The lowest BCUT2D eigenvalue weighted by atomic mass is 10.0. The molecule has 3 rings (SSSR count). The number of anilines is 1. The van der Waals surface area contributed by atoms with Gasteiger partial charge in [0, 0.05) is 32.3 Å². The summed E-state index contributed by atoms with van der Waals surface area (Å²) in [5.74, 6) is 0.822. The van der Waals surface area contributed by atoms with Crippen LogP contribution in [0.1, 0.15) is 51.8 Å². The maximum Gasteiger partial charge on any atom is 0.407 e. The summed E-state index contributed by atoms with van der Waals surface area (Å²) in [4.78, 5) is 18.2. The standard InChI is InChI=1S/C19H29ClN6O2/c1-19(2,3)28-18(27)22-9-10-25(4)17-12-15(20)23-16-11-14(24-26(16)17)13-7-5-6-8-21-13/h11-13,21H,5-10H2,1-4H3,(H,22,27)/t13-/m0/s1. The highest BCUT2D eigenvalue weighted by Crippen LogP contribution is 2.26. The highest BCUT2D eigenvalue weighted by Gasteiger charge is 2.20. The maximum absolute atomic E-state index is 11.8. The molecule has 1 fully saturated rings. The van der Waals surface area contributed by atoms with E-state index in [1.165, 1.54) is 12.8 Å². The van der Waals surface area contributed by atoms with Crippen molar-refractivity contribution >= 4 is 29.2 Å². The first-order chi connectivity index (χ1) is 13.2. The molecule has 1 aliphatic heterocycles. The number of ether oxygens (including phenoxy) is 1. The Hall–Kier alpha value is -2.06. The number of hydrogen-bond donors (Lipinski definition) is 2. The van der Waals surface area contributed by atoms with Crippen LogP contribution in [-0.2, 0) is 4.74 Å². The Morgan fingerprint density at radius 1 is 1.43 bits per heavy atom. The summed E-state index contributed by atoms with van der Waals surface area (Å²) < 4.78 is 7.07. The smallest absolute Gasteiger partial charge is 0.407 e. The van der Waals surface area contributed by atoms with Crippen molar-refractivity contribution in [3.63, 3.8) is 0 Å². The second-order valence-electron chi connectivity index (χ2n) is 8.13. The molecule has 2 aromatic rings. The lowest BCUT2D eigenvalue weighted by Gasteiger charge is -2.23. The number of alkyl carbamates (subject to hydrolysis) is 1. The predicted molar refractivity (Wildman–Crippen MR) is 110 cm³/mol. The average molecular weight is 409 g/mol. The number of likely N-dealkylation sites (N-methyl/N-ethyl adjacent to an activating group) is 1. The van der Waals surface area contributed by atoms with Gasteiger partial charge in [0.25, 0.3) is 0 Å². The van der Waals surface area contributed by atoms with Crippen molar-refractivity contribution in [1.82, 2.24) is 25.2 Å². The van der Waals surface area contributed by atoms with Gasteiger partial charge in [-0.1, -0.05) is 18.0 Å². The quantitative estimate of drug-likeness (QED) is 0.739. The lowest BCUT2D eigenvalue weighted by Crippen LogP contribution is -2.37. The third-order valence-electron chi connectivity index (χ3n) is 4.57. The Labute approximate surface area is 170 Å². The number of piperidine rings is 1. The molecule has 0 radical (unpaired) electrons. The van der Waals surface area contributed by atoms with Crippen LogP contribution in [0.5, 0.6) is 0 Å². The topological polar surface area (TPSA) is 83.8 Å². The largest absolute Gasteiger partial charge is 0.444 e. The highest BCUT2D eigenvalue weighted by molar-refractivity contribution is 6.29. The lowest BCUT2D eigenvalue weighted by molar-refractivity contribution is 0.0529. The fourth-order valence-electron chi connectivity index (χ4n) is 3.25. The van der Waals surface area contributed by atoms with E-state index in [1.807, 2.05) is 43.3 Å². The minimum Gasteiger partial charge on any atom is -0.444 e. The van der Waals surface area contributed by atoms with E-state index < -0.39 is 11.7 Å². The Bertz CT molecular complexity index is 826. The van der Waals surface area contributed by atoms with Gasteiger partial charge in [0.15, 0.2) is 5.65 Å². The number of aromatic nitrogens is 3. The molecule has 2 N–H and O–H groups in total. The van der Waals surface area contributed by atoms with E-state index in [-0.39, 0.29) is 6.04 Å². The summed E-state index contributed by atoms with van der Waals surface area (Å²) in [6.07, 6.45) is 3.04. The van der Waals surface area contributed by atoms with E-state index in [9.17, 15) is 4.79 Å². The SMILES string of the molecule is CN(CCNC(=O)OC(C)(C)C)c1cc(Cl)nc2cc([C@@H]3CCCCN3)nn12. The summed E-state index contributed by atoms with van der Waals surface area (Å²) in [6, 6.07) is 4.03. The number of rotatable bonds is 5. The van der Waals surface area contributed by atoms with Crippen molar-refractivity contribution in [2.24, 2.45) is 0 Å². The van der Waals surface area contributed by atoms with Gasteiger partial charge >= 0.3 is 6.09 Å². The van der Waals surface area contributed by atoms with Crippen LogP contribution >= 0.6 is 11.6 Å². The van der Waals surface area contributed by atoms with Crippen molar-refractivity contribution in [3.8, 4) is 0 Å².